The molecule has 0 bridgehead atoms. The van der Waals surface area contributed by atoms with Gasteiger partial charge in [0.2, 0.25) is 11.6 Å². The minimum absolute atomic E-state index is 0.00529. The van der Waals surface area contributed by atoms with Crippen LogP contribution in [0.3, 0.4) is 0 Å². The fourth-order valence-corrected chi connectivity index (χ4v) is 1.59. The maximum Gasteiger partial charge on any atom is 0.390 e. The third-order valence-corrected chi connectivity index (χ3v) is 2.62. The smallest absolute Gasteiger partial charge is 0.364 e. The minimum atomic E-state index is -4.33. The molecule has 1 heterocycles. The van der Waals surface area contributed by atoms with Gasteiger partial charge in [0.15, 0.2) is 0 Å². The Morgan fingerprint density at radius 1 is 1.43 bits per heavy atom. The molecule has 1 N–H and O–H groups in total. The number of alkyl halides is 3. The lowest BCUT2D eigenvalue weighted by molar-refractivity contribution is -0.383. The van der Waals surface area contributed by atoms with Gasteiger partial charge in [-0.25, -0.2) is 9.97 Å². The van der Waals surface area contributed by atoms with Crippen molar-refractivity contribution in [2.75, 3.05) is 30.4 Å². The van der Waals surface area contributed by atoms with Crippen molar-refractivity contribution in [2.24, 2.45) is 0 Å². The zero-order valence-electron chi connectivity index (χ0n) is 11.6. The number of aromatic nitrogens is 2. The minimum Gasteiger partial charge on any atom is -0.364 e. The predicted octanol–water partition coefficient (Wildman–Crippen LogP) is 2.60. The Kier molecular flexibility index (Phi) is 5.68. The Balaban J connectivity index is 3.02. The average Bonchev–Trinajstić information content (AvgIpc) is 2.40. The van der Waals surface area contributed by atoms with Crippen molar-refractivity contribution in [3.8, 4) is 0 Å². The molecule has 0 aromatic carbocycles. The molecule has 0 atom stereocenters. The second-order valence-electron chi connectivity index (χ2n) is 4.37. The van der Waals surface area contributed by atoms with Crippen LogP contribution in [0, 0.1) is 10.1 Å². The van der Waals surface area contributed by atoms with Crippen LogP contribution in [0.5, 0.6) is 0 Å². The second kappa shape index (κ2) is 7.04. The number of hydrogen-bond donors (Lipinski definition) is 1. The Labute approximate surface area is 119 Å². The number of anilines is 2. The SMILES string of the molecule is CCCNc1ncnc(N(C)CCC(F)(F)F)c1[N+](=O)[O-]. The summed E-state index contributed by atoms with van der Waals surface area (Å²) in [6.07, 6.45) is -3.60. The summed E-state index contributed by atoms with van der Waals surface area (Å²) in [6.45, 7) is 1.91. The Morgan fingerprint density at radius 3 is 2.62 bits per heavy atom. The van der Waals surface area contributed by atoms with Gasteiger partial charge in [-0.05, 0) is 6.42 Å². The molecule has 1 aromatic heterocycles. The van der Waals surface area contributed by atoms with Gasteiger partial charge in [0.1, 0.15) is 6.33 Å². The molecule has 7 nitrogen and oxygen atoms in total. The van der Waals surface area contributed by atoms with Gasteiger partial charge in [-0.15, -0.1) is 0 Å². The van der Waals surface area contributed by atoms with Crippen molar-refractivity contribution >= 4 is 17.3 Å². The van der Waals surface area contributed by atoms with Crippen LogP contribution in [0.2, 0.25) is 0 Å². The highest BCUT2D eigenvalue weighted by Crippen LogP contribution is 2.32. The first-order valence-corrected chi connectivity index (χ1v) is 6.27. The van der Waals surface area contributed by atoms with E-state index in [0.29, 0.717) is 6.54 Å². The van der Waals surface area contributed by atoms with E-state index in [2.05, 4.69) is 15.3 Å². The topological polar surface area (TPSA) is 84.2 Å². The lowest BCUT2D eigenvalue weighted by Crippen LogP contribution is -2.26. The first-order chi connectivity index (χ1) is 9.76. The molecular weight excluding hydrogens is 291 g/mol. The molecule has 0 saturated heterocycles. The summed E-state index contributed by atoms with van der Waals surface area (Å²) in [5.74, 6) is -0.136. The highest BCUT2D eigenvalue weighted by atomic mass is 19.4. The van der Waals surface area contributed by atoms with Crippen molar-refractivity contribution in [2.45, 2.75) is 25.9 Å². The first kappa shape index (κ1) is 16.9. The maximum absolute atomic E-state index is 12.2. The van der Waals surface area contributed by atoms with Gasteiger partial charge >= 0.3 is 11.9 Å². The van der Waals surface area contributed by atoms with Crippen LogP contribution in [-0.4, -0.2) is 41.2 Å². The van der Waals surface area contributed by atoms with Gasteiger partial charge in [0, 0.05) is 20.1 Å². The molecule has 118 valence electrons. The highest BCUT2D eigenvalue weighted by molar-refractivity contribution is 5.70. The van der Waals surface area contributed by atoms with Crippen LogP contribution < -0.4 is 10.2 Å². The van der Waals surface area contributed by atoms with Crippen molar-refractivity contribution in [1.82, 2.24) is 9.97 Å². The van der Waals surface area contributed by atoms with Gasteiger partial charge in [-0.3, -0.25) is 10.1 Å². The summed E-state index contributed by atoms with van der Waals surface area (Å²) in [5, 5.41) is 13.9. The number of nitrogens with zero attached hydrogens (tertiary/aromatic N) is 4. The molecule has 0 aliphatic carbocycles. The predicted molar refractivity (Wildman–Crippen MR) is 71.4 cm³/mol. The number of hydrogen-bond acceptors (Lipinski definition) is 6. The molecule has 0 aliphatic rings. The van der Waals surface area contributed by atoms with E-state index in [-0.39, 0.29) is 11.6 Å². The number of halogens is 3. The molecule has 10 heteroatoms. The van der Waals surface area contributed by atoms with Gasteiger partial charge in [0.05, 0.1) is 11.3 Å². The van der Waals surface area contributed by atoms with Gasteiger partial charge in [-0.1, -0.05) is 6.92 Å². The molecule has 21 heavy (non-hydrogen) atoms. The number of nitro groups is 1. The zero-order chi connectivity index (χ0) is 16.0. The third-order valence-electron chi connectivity index (χ3n) is 2.62. The quantitative estimate of drug-likeness (QED) is 0.615. The van der Waals surface area contributed by atoms with Crippen molar-refractivity contribution in [3.05, 3.63) is 16.4 Å². The second-order valence-corrected chi connectivity index (χ2v) is 4.37. The average molecular weight is 307 g/mol. The van der Waals surface area contributed by atoms with Gasteiger partial charge in [-0.2, -0.15) is 13.2 Å². The van der Waals surface area contributed by atoms with Crippen LogP contribution in [0.25, 0.3) is 0 Å². The van der Waals surface area contributed by atoms with Crippen LogP contribution in [0.1, 0.15) is 19.8 Å². The summed E-state index contributed by atoms with van der Waals surface area (Å²) >= 11 is 0. The third kappa shape index (κ3) is 5.04. The van der Waals surface area contributed by atoms with E-state index in [9.17, 15) is 23.3 Å². The molecule has 0 fully saturated rings. The highest BCUT2D eigenvalue weighted by Gasteiger charge is 2.30. The van der Waals surface area contributed by atoms with E-state index < -0.39 is 29.8 Å². The van der Waals surface area contributed by atoms with Crippen molar-refractivity contribution in [3.63, 3.8) is 0 Å². The van der Waals surface area contributed by atoms with E-state index in [1.807, 2.05) is 6.92 Å². The summed E-state index contributed by atoms with van der Waals surface area (Å²) in [5.41, 5.74) is -0.421. The fourth-order valence-electron chi connectivity index (χ4n) is 1.59. The molecule has 1 rings (SSSR count). The molecular formula is C11H16F3N5O2. The van der Waals surface area contributed by atoms with E-state index in [4.69, 9.17) is 0 Å². The van der Waals surface area contributed by atoms with Crippen molar-refractivity contribution in [1.29, 1.82) is 0 Å². The van der Waals surface area contributed by atoms with Gasteiger partial charge < -0.3 is 10.2 Å². The number of rotatable bonds is 7. The fraction of sp³-hybridized carbons (Fsp3) is 0.636. The largest absolute Gasteiger partial charge is 0.390 e. The van der Waals surface area contributed by atoms with Crippen molar-refractivity contribution < 1.29 is 18.1 Å². The summed E-state index contributed by atoms with van der Waals surface area (Å²) in [4.78, 5) is 19.1. The lowest BCUT2D eigenvalue weighted by atomic mass is 10.3. The molecule has 0 unspecified atom stereocenters. The first-order valence-electron chi connectivity index (χ1n) is 6.27. The molecule has 0 spiro atoms. The van der Waals surface area contributed by atoms with E-state index in [0.717, 1.165) is 17.6 Å². The monoisotopic (exact) mass is 307 g/mol. The van der Waals surface area contributed by atoms with E-state index in [1.54, 1.807) is 0 Å². The van der Waals surface area contributed by atoms with E-state index in [1.165, 1.54) is 7.05 Å². The Hall–Kier alpha value is -2.13. The van der Waals surface area contributed by atoms with E-state index >= 15 is 0 Å². The molecule has 0 saturated carbocycles. The summed E-state index contributed by atoms with van der Waals surface area (Å²) in [6, 6.07) is 0. The zero-order valence-corrected chi connectivity index (χ0v) is 11.6. The van der Waals surface area contributed by atoms with Crippen LogP contribution in [0.15, 0.2) is 6.33 Å². The summed E-state index contributed by atoms with van der Waals surface area (Å²) < 4.78 is 36.7. The van der Waals surface area contributed by atoms with Crippen LogP contribution >= 0.6 is 0 Å². The molecule has 0 radical (unpaired) electrons. The molecule has 0 amide bonds. The Morgan fingerprint density at radius 2 is 2.10 bits per heavy atom. The lowest BCUT2D eigenvalue weighted by Gasteiger charge is -2.19. The Bertz CT molecular complexity index is 495. The standard InChI is InChI=1S/C11H16F3N5O2/c1-3-5-15-9-8(19(20)21)10(17-7-16-9)18(2)6-4-11(12,13)14/h7H,3-6H2,1-2H3,(H,15,16,17). The number of nitrogens with one attached hydrogen (secondary N) is 1. The molecule has 1 aromatic rings. The summed E-state index contributed by atoms with van der Waals surface area (Å²) in [7, 11) is 1.32. The van der Waals surface area contributed by atoms with Crippen LogP contribution in [-0.2, 0) is 0 Å². The van der Waals surface area contributed by atoms with Crippen LogP contribution in [0.4, 0.5) is 30.5 Å². The normalized spacial score (nSPS) is 11.3. The maximum atomic E-state index is 12.2. The van der Waals surface area contributed by atoms with Gasteiger partial charge in [0.25, 0.3) is 0 Å². The molecule has 0 aliphatic heterocycles.